The van der Waals surface area contributed by atoms with E-state index in [1.165, 1.54) is 0 Å². The smallest absolute Gasteiger partial charge is 0.256 e. The van der Waals surface area contributed by atoms with Gasteiger partial charge >= 0.3 is 0 Å². The van der Waals surface area contributed by atoms with Crippen molar-refractivity contribution in [2.75, 3.05) is 5.32 Å². The van der Waals surface area contributed by atoms with Crippen LogP contribution in [0.4, 0.5) is 5.69 Å². The third-order valence-corrected chi connectivity index (χ3v) is 4.23. The molecular weight excluding hydrogens is 433 g/mol. The first-order valence-electron chi connectivity index (χ1n) is 5.83. The molecule has 0 aliphatic heterocycles. The summed E-state index contributed by atoms with van der Waals surface area (Å²) < 4.78 is 1.79. The van der Waals surface area contributed by atoms with E-state index in [0.717, 1.165) is 24.6 Å². The third kappa shape index (κ3) is 2.71. The Morgan fingerprint density at radius 2 is 2.10 bits per heavy atom. The van der Waals surface area contributed by atoms with Crippen LogP contribution >= 0.6 is 38.5 Å². The molecule has 0 bridgehead atoms. The van der Waals surface area contributed by atoms with E-state index in [-0.39, 0.29) is 5.91 Å². The Bertz CT molecular complexity index is 800. The van der Waals surface area contributed by atoms with Crippen molar-refractivity contribution in [2.24, 2.45) is 0 Å². The minimum Gasteiger partial charge on any atom is -0.322 e. The number of benzene rings is 2. The van der Waals surface area contributed by atoms with Crippen molar-refractivity contribution >= 4 is 61.0 Å². The number of H-pyrrole nitrogens is 1. The Hall–Kier alpha value is -1.41. The van der Waals surface area contributed by atoms with Crippen molar-refractivity contribution in [3.63, 3.8) is 0 Å². The zero-order valence-corrected chi connectivity index (χ0v) is 13.9. The lowest BCUT2D eigenvalue weighted by Gasteiger charge is -2.07. The van der Waals surface area contributed by atoms with Crippen LogP contribution in [0.25, 0.3) is 10.9 Å². The zero-order valence-electron chi connectivity index (χ0n) is 10.2. The predicted molar refractivity (Wildman–Crippen MR) is 90.9 cm³/mol. The van der Waals surface area contributed by atoms with Crippen LogP contribution < -0.4 is 5.32 Å². The molecule has 0 atom stereocenters. The number of halogens is 2. The summed E-state index contributed by atoms with van der Waals surface area (Å²) in [4.78, 5) is 12.3. The quantitative estimate of drug-likeness (QED) is 0.586. The lowest BCUT2D eigenvalue weighted by Crippen LogP contribution is -2.12. The second-order valence-electron chi connectivity index (χ2n) is 4.25. The maximum absolute atomic E-state index is 12.3. The normalized spacial score (nSPS) is 10.7. The molecule has 3 rings (SSSR count). The summed E-state index contributed by atoms with van der Waals surface area (Å²) in [5.74, 6) is -0.141. The minimum absolute atomic E-state index is 0.141. The van der Waals surface area contributed by atoms with E-state index >= 15 is 0 Å². The van der Waals surface area contributed by atoms with Gasteiger partial charge in [0, 0.05) is 19.1 Å². The number of amides is 1. The second kappa shape index (κ2) is 5.53. The lowest BCUT2D eigenvalue weighted by atomic mass is 10.2. The van der Waals surface area contributed by atoms with Gasteiger partial charge in [-0.1, -0.05) is 0 Å². The summed E-state index contributed by atoms with van der Waals surface area (Å²) in [6.45, 7) is 0. The molecule has 2 N–H and O–H groups in total. The van der Waals surface area contributed by atoms with E-state index in [4.69, 9.17) is 0 Å². The summed E-state index contributed by atoms with van der Waals surface area (Å²) >= 11 is 5.58. The van der Waals surface area contributed by atoms with Crippen LogP contribution in [0.2, 0.25) is 0 Å². The second-order valence-corrected chi connectivity index (χ2v) is 6.35. The Balaban J connectivity index is 1.89. The maximum Gasteiger partial charge on any atom is 0.256 e. The molecular formula is C14H9BrIN3O. The molecule has 1 heterocycles. The van der Waals surface area contributed by atoms with Crippen molar-refractivity contribution in [1.29, 1.82) is 0 Å². The van der Waals surface area contributed by atoms with Gasteiger partial charge in [-0.05, 0) is 74.9 Å². The van der Waals surface area contributed by atoms with Crippen LogP contribution in [-0.2, 0) is 0 Å². The number of fused-ring (bicyclic) bond motifs is 1. The molecule has 0 saturated heterocycles. The Morgan fingerprint density at radius 1 is 1.25 bits per heavy atom. The van der Waals surface area contributed by atoms with Crippen molar-refractivity contribution in [2.45, 2.75) is 0 Å². The van der Waals surface area contributed by atoms with Crippen LogP contribution in [0, 0.1) is 3.57 Å². The molecule has 6 heteroatoms. The van der Waals surface area contributed by atoms with Crippen LogP contribution in [0.1, 0.15) is 10.4 Å². The number of aromatic amines is 1. The Morgan fingerprint density at radius 3 is 2.95 bits per heavy atom. The third-order valence-electron chi connectivity index (χ3n) is 2.87. The molecule has 100 valence electrons. The van der Waals surface area contributed by atoms with E-state index in [2.05, 4.69) is 54.0 Å². The van der Waals surface area contributed by atoms with Gasteiger partial charge < -0.3 is 5.32 Å². The summed E-state index contributed by atoms with van der Waals surface area (Å²) in [6, 6.07) is 11.3. The van der Waals surface area contributed by atoms with Crippen molar-refractivity contribution in [1.82, 2.24) is 10.2 Å². The van der Waals surface area contributed by atoms with Gasteiger partial charge in [-0.3, -0.25) is 9.89 Å². The number of nitrogens with one attached hydrogen (secondary N) is 2. The molecule has 0 aliphatic carbocycles. The van der Waals surface area contributed by atoms with E-state index < -0.39 is 0 Å². The number of anilines is 1. The number of nitrogens with zero attached hydrogens (tertiary/aromatic N) is 1. The van der Waals surface area contributed by atoms with Crippen molar-refractivity contribution in [3.05, 3.63) is 56.2 Å². The van der Waals surface area contributed by atoms with E-state index in [0.29, 0.717) is 5.56 Å². The predicted octanol–water partition coefficient (Wildman–Crippen LogP) is 4.18. The van der Waals surface area contributed by atoms with Crippen molar-refractivity contribution < 1.29 is 4.79 Å². The molecule has 20 heavy (non-hydrogen) atoms. The molecule has 2 aromatic carbocycles. The van der Waals surface area contributed by atoms with Gasteiger partial charge in [-0.2, -0.15) is 5.10 Å². The van der Waals surface area contributed by atoms with Crippen LogP contribution in [0.15, 0.2) is 47.1 Å². The molecule has 0 spiro atoms. The SMILES string of the molecule is O=C(Nc1ccc2[nH]ncc2c1)c1cc(I)ccc1Br. The fraction of sp³-hybridized carbons (Fsp3) is 0. The number of hydrogen-bond donors (Lipinski definition) is 2. The monoisotopic (exact) mass is 441 g/mol. The van der Waals surface area contributed by atoms with E-state index in [1.807, 2.05) is 36.4 Å². The van der Waals surface area contributed by atoms with E-state index in [9.17, 15) is 4.79 Å². The van der Waals surface area contributed by atoms with Gasteiger partial charge in [-0.25, -0.2) is 0 Å². The number of carbonyl (C=O) groups excluding carboxylic acids is 1. The van der Waals surface area contributed by atoms with E-state index in [1.54, 1.807) is 6.20 Å². The van der Waals surface area contributed by atoms with Crippen LogP contribution in [-0.4, -0.2) is 16.1 Å². The first-order valence-corrected chi connectivity index (χ1v) is 7.70. The highest BCUT2D eigenvalue weighted by Crippen LogP contribution is 2.22. The topological polar surface area (TPSA) is 57.8 Å². The fourth-order valence-corrected chi connectivity index (χ4v) is 2.81. The number of carbonyl (C=O) groups is 1. The highest BCUT2D eigenvalue weighted by Gasteiger charge is 2.11. The van der Waals surface area contributed by atoms with Crippen LogP contribution in [0.5, 0.6) is 0 Å². The van der Waals surface area contributed by atoms with Gasteiger partial charge in [0.2, 0.25) is 0 Å². The largest absolute Gasteiger partial charge is 0.322 e. The molecule has 0 radical (unpaired) electrons. The first kappa shape index (κ1) is 13.6. The van der Waals surface area contributed by atoms with Gasteiger partial charge in [0.1, 0.15) is 0 Å². The highest BCUT2D eigenvalue weighted by molar-refractivity contribution is 14.1. The number of hydrogen-bond acceptors (Lipinski definition) is 2. The maximum atomic E-state index is 12.3. The van der Waals surface area contributed by atoms with Gasteiger partial charge in [0.05, 0.1) is 17.3 Å². The molecule has 1 amide bonds. The summed E-state index contributed by atoms with van der Waals surface area (Å²) in [6.07, 6.45) is 1.73. The Kier molecular flexibility index (Phi) is 3.75. The summed E-state index contributed by atoms with van der Waals surface area (Å²) in [5.41, 5.74) is 2.30. The lowest BCUT2D eigenvalue weighted by molar-refractivity contribution is 0.102. The average molecular weight is 442 g/mol. The van der Waals surface area contributed by atoms with Gasteiger partial charge in [-0.15, -0.1) is 0 Å². The number of rotatable bonds is 2. The first-order chi connectivity index (χ1) is 9.63. The molecule has 3 aromatic rings. The zero-order chi connectivity index (χ0) is 14.1. The molecule has 4 nitrogen and oxygen atoms in total. The van der Waals surface area contributed by atoms with Gasteiger partial charge in [0.15, 0.2) is 0 Å². The van der Waals surface area contributed by atoms with Crippen LogP contribution in [0.3, 0.4) is 0 Å². The van der Waals surface area contributed by atoms with Crippen molar-refractivity contribution in [3.8, 4) is 0 Å². The number of aromatic nitrogens is 2. The average Bonchev–Trinajstić information content (AvgIpc) is 2.89. The molecule has 0 unspecified atom stereocenters. The molecule has 0 aliphatic rings. The molecule has 0 saturated carbocycles. The molecule has 0 fully saturated rings. The Labute approximate surface area is 137 Å². The summed E-state index contributed by atoms with van der Waals surface area (Å²) in [7, 11) is 0. The fourth-order valence-electron chi connectivity index (χ4n) is 1.89. The summed E-state index contributed by atoms with van der Waals surface area (Å²) in [5, 5.41) is 10.7. The highest BCUT2D eigenvalue weighted by atomic mass is 127. The minimum atomic E-state index is -0.141. The molecule has 1 aromatic heterocycles. The standard InChI is InChI=1S/C14H9BrIN3O/c15-12-3-1-9(16)6-11(12)14(20)18-10-2-4-13-8(5-10)7-17-19-13/h1-7H,(H,17,19)(H,18,20). The van der Waals surface area contributed by atoms with Gasteiger partial charge in [0.25, 0.3) is 5.91 Å².